The van der Waals surface area contributed by atoms with E-state index in [2.05, 4.69) is 20.8 Å². The molecular weight excluding hydrogens is 159 g/mol. The molecule has 2 rings (SSSR count). The molecule has 64 valence electrons. The van der Waals surface area contributed by atoms with Crippen LogP contribution in [0.25, 0.3) is 0 Å². The van der Waals surface area contributed by atoms with E-state index in [9.17, 15) is 4.79 Å². The molecule has 0 radical (unpaired) electrons. The van der Waals surface area contributed by atoms with Crippen LogP contribution in [0.3, 0.4) is 0 Å². The molecule has 0 N–H and O–H groups in total. The van der Waals surface area contributed by atoms with Gasteiger partial charge in [-0.05, 0) is 24.2 Å². The van der Waals surface area contributed by atoms with E-state index in [0.29, 0.717) is 11.7 Å². The van der Waals surface area contributed by atoms with Crippen LogP contribution in [-0.4, -0.2) is 5.78 Å². The Morgan fingerprint density at radius 1 is 1.42 bits per heavy atom. The van der Waals surface area contributed by atoms with Gasteiger partial charge in [0.2, 0.25) is 0 Å². The van der Waals surface area contributed by atoms with Crippen LogP contribution in [-0.2, 0) is 4.79 Å². The Bertz CT molecular complexity index is 227. The number of rotatable bonds is 0. The minimum Gasteiger partial charge on any atom is -1.00 e. The predicted octanol–water partition coefficient (Wildman–Crippen LogP) is -0.482. The quantitative estimate of drug-likeness (QED) is 0.456. The maximum absolute atomic E-state index is 11.6. The van der Waals surface area contributed by atoms with Gasteiger partial charge in [-0.15, -0.1) is 0 Å². The van der Waals surface area contributed by atoms with Gasteiger partial charge in [-0.25, -0.2) is 0 Å². The number of hydrogen-bond donors (Lipinski definition) is 0. The first-order chi connectivity index (χ1) is 4.98. The van der Waals surface area contributed by atoms with Crippen LogP contribution in [0.1, 0.15) is 41.5 Å². The first-order valence-electron chi connectivity index (χ1n) is 4.52. The molecule has 2 fully saturated rings. The second-order valence-corrected chi connectivity index (χ2v) is 4.92. The largest absolute Gasteiger partial charge is 1.00 e. The molecule has 0 saturated heterocycles. The van der Waals surface area contributed by atoms with Gasteiger partial charge >= 0.3 is 29.6 Å². The Morgan fingerprint density at radius 3 is 2.17 bits per heavy atom. The van der Waals surface area contributed by atoms with Crippen molar-refractivity contribution in [1.29, 1.82) is 0 Å². The van der Waals surface area contributed by atoms with Crippen molar-refractivity contribution < 1.29 is 35.8 Å². The Kier molecular flexibility index (Phi) is 2.53. The average molecular weight is 176 g/mol. The van der Waals surface area contributed by atoms with Crippen molar-refractivity contribution in [2.45, 2.75) is 40.0 Å². The summed E-state index contributed by atoms with van der Waals surface area (Å²) >= 11 is 0. The SMILES string of the molecule is CC12CCC(CC1=O)C2(C)C.[H-].[Na+]. The topological polar surface area (TPSA) is 17.1 Å². The minimum absolute atomic E-state index is 0. The normalized spacial score (nSPS) is 42.9. The van der Waals surface area contributed by atoms with Crippen molar-refractivity contribution in [3.8, 4) is 0 Å². The van der Waals surface area contributed by atoms with Crippen LogP contribution in [0.5, 0.6) is 0 Å². The maximum Gasteiger partial charge on any atom is 1.00 e. The molecule has 0 heterocycles. The van der Waals surface area contributed by atoms with Crippen LogP contribution in [0.4, 0.5) is 0 Å². The summed E-state index contributed by atoms with van der Waals surface area (Å²) in [5.41, 5.74) is 0.307. The summed E-state index contributed by atoms with van der Waals surface area (Å²) in [5.74, 6) is 1.19. The van der Waals surface area contributed by atoms with Gasteiger partial charge in [-0.2, -0.15) is 0 Å². The monoisotopic (exact) mass is 176 g/mol. The molecule has 2 aliphatic rings. The zero-order chi connectivity index (χ0) is 8.28. The summed E-state index contributed by atoms with van der Waals surface area (Å²) in [6.45, 7) is 6.67. The van der Waals surface area contributed by atoms with Crippen LogP contribution in [0.2, 0.25) is 0 Å². The number of carbonyl (C=O) groups excluding carboxylic acids is 1. The van der Waals surface area contributed by atoms with Crippen molar-refractivity contribution in [3.05, 3.63) is 0 Å². The van der Waals surface area contributed by atoms with Crippen molar-refractivity contribution in [2.75, 3.05) is 0 Å². The zero-order valence-corrected chi connectivity index (χ0v) is 10.6. The minimum atomic E-state index is 0. The molecule has 2 aliphatic carbocycles. The van der Waals surface area contributed by atoms with Gasteiger partial charge in [0.15, 0.2) is 0 Å². The third-order valence-corrected chi connectivity index (χ3v) is 4.48. The van der Waals surface area contributed by atoms with Crippen LogP contribution >= 0.6 is 0 Å². The predicted molar refractivity (Wildman–Crippen MR) is 45.3 cm³/mol. The average Bonchev–Trinajstić information content (AvgIpc) is 2.20. The molecule has 0 aliphatic heterocycles. The Morgan fingerprint density at radius 2 is 2.00 bits per heavy atom. The molecule has 0 aromatic carbocycles. The summed E-state index contributed by atoms with van der Waals surface area (Å²) in [5, 5.41) is 0. The van der Waals surface area contributed by atoms with Crippen molar-refractivity contribution in [2.24, 2.45) is 16.7 Å². The molecule has 1 nitrogen and oxygen atoms in total. The Labute approximate surface area is 98.1 Å². The smallest absolute Gasteiger partial charge is 1.00 e. The van der Waals surface area contributed by atoms with E-state index < -0.39 is 0 Å². The van der Waals surface area contributed by atoms with Gasteiger partial charge in [0, 0.05) is 11.8 Å². The zero-order valence-electron chi connectivity index (χ0n) is 9.61. The Hall–Kier alpha value is 0.670. The fourth-order valence-electron chi connectivity index (χ4n) is 2.90. The van der Waals surface area contributed by atoms with Gasteiger partial charge in [-0.1, -0.05) is 20.8 Å². The van der Waals surface area contributed by atoms with E-state index in [1.165, 1.54) is 6.42 Å². The second kappa shape index (κ2) is 2.83. The van der Waals surface area contributed by atoms with Crippen molar-refractivity contribution in [3.63, 3.8) is 0 Å². The molecular formula is C10H17NaO. The maximum atomic E-state index is 11.6. The molecule has 2 bridgehead atoms. The van der Waals surface area contributed by atoms with Crippen LogP contribution in [0.15, 0.2) is 0 Å². The van der Waals surface area contributed by atoms with Gasteiger partial charge < -0.3 is 1.43 Å². The molecule has 0 aromatic heterocycles. The fourth-order valence-corrected chi connectivity index (χ4v) is 2.90. The molecule has 0 aromatic rings. The van der Waals surface area contributed by atoms with Gasteiger partial charge in [-0.3, -0.25) is 4.79 Å². The van der Waals surface area contributed by atoms with Gasteiger partial charge in [0.05, 0.1) is 0 Å². The van der Waals surface area contributed by atoms with Crippen molar-refractivity contribution >= 4 is 5.78 Å². The number of carbonyl (C=O) groups is 1. The standard InChI is InChI=1S/C10H16O.Na.H/c1-9(2)7-4-5-10(9,3)8(11)6-7;;/h7H,4-6H2,1-3H3;;/q;+1;-1. The van der Waals surface area contributed by atoms with E-state index in [1.54, 1.807) is 0 Å². The van der Waals surface area contributed by atoms with Gasteiger partial charge in [0.25, 0.3) is 0 Å². The van der Waals surface area contributed by atoms with E-state index >= 15 is 0 Å². The van der Waals surface area contributed by atoms with Crippen LogP contribution in [0, 0.1) is 16.7 Å². The summed E-state index contributed by atoms with van der Waals surface area (Å²) in [6.07, 6.45) is 3.25. The van der Waals surface area contributed by atoms with Crippen LogP contribution < -0.4 is 29.6 Å². The molecule has 2 saturated carbocycles. The molecule has 12 heavy (non-hydrogen) atoms. The molecule has 2 atom stereocenters. The van der Waals surface area contributed by atoms with E-state index in [0.717, 1.165) is 12.8 Å². The summed E-state index contributed by atoms with van der Waals surface area (Å²) in [7, 11) is 0. The number of Topliss-reactive ketones (excluding diaryl/α,β-unsaturated/α-hetero) is 1. The number of fused-ring (bicyclic) bond motifs is 2. The number of ketones is 1. The molecule has 2 unspecified atom stereocenters. The molecule has 0 spiro atoms. The Balaban J connectivity index is 0.000000720. The molecule has 0 amide bonds. The molecule has 2 heteroatoms. The number of hydrogen-bond acceptors (Lipinski definition) is 1. The first-order valence-corrected chi connectivity index (χ1v) is 4.52. The first kappa shape index (κ1) is 10.7. The van der Waals surface area contributed by atoms with E-state index in [4.69, 9.17) is 0 Å². The third kappa shape index (κ3) is 0.995. The van der Waals surface area contributed by atoms with E-state index in [-0.39, 0.29) is 41.8 Å². The fraction of sp³-hybridized carbons (Fsp3) is 0.900. The third-order valence-electron chi connectivity index (χ3n) is 4.48. The van der Waals surface area contributed by atoms with Gasteiger partial charge in [0.1, 0.15) is 5.78 Å². The van der Waals surface area contributed by atoms with E-state index in [1.807, 2.05) is 0 Å². The second-order valence-electron chi connectivity index (χ2n) is 4.92. The van der Waals surface area contributed by atoms with Crippen molar-refractivity contribution in [1.82, 2.24) is 0 Å². The summed E-state index contributed by atoms with van der Waals surface area (Å²) in [6, 6.07) is 0. The summed E-state index contributed by atoms with van der Waals surface area (Å²) in [4.78, 5) is 11.6. The summed E-state index contributed by atoms with van der Waals surface area (Å²) < 4.78 is 0.